The number of amides is 1. The van der Waals surface area contributed by atoms with E-state index in [-0.39, 0.29) is 5.91 Å². The van der Waals surface area contributed by atoms with Crippen LogP contribution < -0.4 is 10.1 Å². The fourth-order valence-corrected chi connectivity index (χ4v) is 4.41. The number of nitrogens with one attached hydrogen (secondary N) is 1. The summed E-state index contributed by atoms with van der Waals surface area (Å²) in [4.78, 5) is 17.9. The molecule has 1 N–H and O–H groups in total. The number of carbonyl (C=O) groups excluding carboxylic acids is 1. The molecule has 0 fully saturated rings. The number of aromatic nitrogens is 3. The van der Waals surface area contributed by atoms with E-state index in [1.807, 2.05) is 67.6 Å². The van der Waals surface area contributed by atoms with E-state index in [2.05, 4.69) is 41.5 Å². The SMILES string of the molecule is CC[C@H](Sc1nnc(-c2ccc(C)cc2)c(-c2ccc(C)cc2)n1)C(=O)Nc1ccccc1OC. The van der Waals surface area contributed by atoms with Crippen LogP contribution in [-0.2, 0) is 4.79 Å². The summed E-state index contributed by atoms with van der Waals surface area (Å²) in [6.07, 6.45) is 0.606. The fraction of sp³-hybridized carbons (Fsp3) is 0.214. The van der Waals surface area contributed by atoms with E-state index in [4.69, 9.17) is 9.72 Å². The molecule has 0 aliphatic rings. The first-order valence-corrected chi connectivity index (χ1v) is 12.4. The van der Waals surface area contributed by atoms with E-state index in [0.717, 1.165) is 16.8 Å². The molecule has 7 heteroatoms. The average molecular weight is 485 g/mol. The van der Waals surface area contributed by atoms with Crippen molar-refractivity contribution < 1.29 is 9.53 Å². The van der Waals surface area contributed by atoms with Crippen LogP contribution in [0.2, 0.25) is 0 Å². The third-order valence-corrected chi connectivity index (χ3v) is 6.81. The Bertz CT molecular complexity index is 1310. The molecule has 0 spiro atoms. The predicted octanol–water partition coefficient (Wildman–Crippen LogP) is 6.34. The zero-order valence-electron chi connectivity index (χ0n) is 20.3. The normalized spacial score (nSPS) is 11.7. The number of hydrogen-bond donors (Lipinski definition) is 1. The van der Waals surface area contributed by atoms with Crippen LogP contribution in [0.15, 0.2) is 78.0 Å². The maximum atomic E-state index is 13.1. The fourth-order valence-electron chi connectivity index (χ4n) is 3.59. The van der Waals surface area contributed by atoms with Crippen LogP contribution in [0.3, 0.4) is 0 Å². The number of benzene rings is 3. The molecule has 0 saturated carbocycles. The third-order valence-electron chi connectivity index (χ3n) is 5.59. The second-order valence-corrected chi connectivity index (χ2v) is 9.40. The van der Waals surface area contributed by atoms with Crippen molar-refractivity contribution in [1.29, 1.82) is 0 Å². The van der Waals surface area contributed by atoms with Crippen molar-refractivity contribution in [3.63, 3.8) is 0 Å². The quantitative estimate of drug-likeness (QED) is 0.294. The van der Waals surface area contributed by atoms with E-state index < -0.39 is 5.25 Å². The summed E-state index contributed by atoms with van der Waals surface area (Å²) < 4.78 is 5.36. The van der Waals surface area contributed by atoms with Gasteiger partial charge in [-0.05, 0) is 32.4 Å². The first-order valence-electron chi connectivity index (χ1n) is 11.5. The molecule has 1 amide bonds. The predicted molar refractivity (Wildman–Crippen MR) is 142 cm³/mol. The van der Waals surface area contributed by atoms with Crippen molar-refractivity contribution in [1.82, 2.24) is 15.2 Å². The van der Waals surface area contributed by atoms with Crippen LogP contribution in [0.5, 0.6) is 5.75 Å². The van der Waals surface area contributed by atoms with Gasteiger partial charge in [0.2, 0.25) is 11.1 Å². The van der Waals surface area contributed by atoms with Gasteiger partial charge in [0.1, 0.15) is 17.1 Å². The number of thioether (sulfide) groups is 1. The molecule has 1 atom stereocenters. The van der Waals surface area contributed by atoms with Gasteiger partial charge in [0.15, 0.2) is 0 Å². The van der Waals surface area contributed by atoms with Crippen LogP contribution in [0, 0.1) is 13.8 Å². The summed E-state index contributed by atoms with van der Waals surface area (Å²) in [5.74, 6) is 0.479. The lowest BCUT2D eigenvalue weighted by atomic mass is 10.0. The number of para-hydroxylation sites is 2. The Morgan fingerprint density at radius 3 is 2.09 bits per heavy atom. The molecule has 0 aliphatic heterocycles. The monoisotopic (exact) mass is 484 g/mol. The largest absolute Gasteiger partial charge is 0.495 e. The molecule has 3 aromatic carbocycles. The standard InChI is InChI=1S/C28H28N4O2S/c1-5-24(27(33)29-22-8-6-7-9-23(22)34-4)35-28-30-25(20-14-10-18(2)11-15-20)26(31-32-28)21-16-12-19(3)13-17-21/h6-17,24H,5H2,1-4H3,(H,29,33)/t24-/m0/s1. The van der Waals surface area contributed by atoms with Crippen molar-refractivity contribution in [2.45, 2.75) is 37.6 Å². The van der Waals surface area contributed by atoms with Crippen LogP contribution in [-0.4, -0.2) is 33.4 Å². The van der Waals surface area contributed by atoms with Crippen LogP contribution in [0.1, 0.15) is 24.5 Å². The van der Waals surface area contributed by atoms with Gasteiger partial charge in [0, 0.05) is 11.1 Å². The molecule has 1 aromatic heterocycles. The molecule has 178 valence electrons. The molecule has 4 rings (SSSR count). The second kappa shape index (κ2) is 11.1. The molecule has 0 unspecified atom stereocenters. The first-order chi connectivity index (χ1) is 17.0. The number of ether oxygens (including phenoxy) is 1. The molecule has 35 heavy (non-hydrogen) atoms. The summed E-state index contributed by atoms with van der Waals surface area (Å²) >= 11 is 1.31. The minimum absolute atomic E-state index is 0.134. The molecule has 6 nitrogen and oxygen atoms in total. The van der Waals surface area contributed by atoms with Crippen molar-refractivity contribution in [2.75, 3.05) is 12.4 Å². The number of hydrogen-bond acceptors (Lipinski definition) is 6. The Morgan fingerprint density at radius 2 is 1.49 bits per heavy atom. The summed E-state index contributed by atoms with van der Waals surface area (Å²) in [6.45, 7) is 6.07. The molecule has 0 bridgehead atoms. The second-order valence-electron chi connectivity index (χ2n) is 8.23. The van der Waals surface area contributed by atoms with Crippen molar-refractivity contribution in [3.8, 4) is 28.3 Å². The summed E-state index contributed by atoms with van der Waals surface area (Å²) in [5, 5.41) is 12.0. The summed E-state index contributed by atoms with van der Waals surface area (Å²) in [7, 11) is 1.58. The Morgan fingerprint density at radius 1 is 0.886 bits per heavy atom. The van der Waals surface area contributed by atoms with E-state index in [1.54, 1.807) is 7.11 Å². The number of anilines is 1. The van der Waals surface area contributed by atoms with E-state index in [0.29, 0.717) is 28.7 Å². The molecule has 0 aliphatic carbocycles. The Kier molecular flexibility index (Phi) is 7.77. The lowest BCUT2D eigenvalue weighted by molar-refractivity contribution is -0.115. The lowest BCUT2D eigenvalue weighted by Crippen LogP contribution is -2.25. The van der Waals surface area contributed by atoms with Gasteiger partial charge in [-0.1, -0.05) is 90.5 Å². The molecule has 0 radical (unpaired) electrons. The minimum atomic E-state index is -0.391. The van der Waals surface area contributed by atoms with E-state index in [9.17, 15) is 4.79 Å². The maximum absolute atomic E-state index is 13.1. The highest BCUT2D eigenvalue weighted by Gasteiger charge is 2.22. The van der Waals surface area contributed by atoms with Gasteiger partial charge in [0.25, 0.3) is 0 Å². The van der Waals surface area contributed by atoms with Gasteiger partial charge < -0.3 is 10.1 Å². The maximum Gasteiger partial charge on any atom is 0.238 e. The first kappa shape index (κ1) is 24.4. The zero-order chi connectivity index (χ0) is 24.8. The van der Waals surface area contributed by atoms with Gasteiger partial charge >= 0.3 is 0 Å². The lowest BCUT2D eigenvalue weighted by Gasteiger charge is -2.16. The van der Waals surface area contributed by atoms with Crippen LogP contribution in [0.25, 0.3) is 22.5 Å². The molecular weight excluding hydrogens is 456 g/mol. The van der Waals surface area contributed by atoms with Gasteiger partial charge in [-0.2, -0.15) is 0 Å². The number of aryl methyl sites for hydroxylation is 2. The van der Waals surface area contributed by atoms with Gasteiger partial charge in [0.05, 0.1) is 18.0 Å². The number of rotatable bonds is 8. The molecule has 0 saturated heterocycles. The smallest absolute Gasteiger partial charge is 0.238 e. The van der Waals surface area contributed by atoms with Crippen LogP contribution in [0.4, 0.5) is 5.69 Å². The topological polar surface area (TPSA) is 77.0 Å². The van der Waals surface area contributed by atoms with Crippen LogP contribution >= 0.6 is 11.8 Å². The minimum Gasteiger partial charge on any atom is -0.495 e. The number of methoxy groups -OCH3 is 1. The van der Waals surface area contributed by atoms with Crippen molar-refractivity contribution in [3.05, 3.63) is 83.9 Å². The van der Waals surface area contributed by atoms with Gasteiger partial charge in [-0.25, -0.2) is 4.98 Å². The third kappa shape index (κ3) is 5.87. The van der Waals surface area contributed by atoms with Crippen molar-refractivity contribution >= 4 is 23.4 Å². The summed E-state index contributed by atoms with van der Waals surface area (Å²) in [6, 6.07) is 23.7. The average Bonchev–Trinajstić information content (AvgIpc) is 2.88. The van der Waals surface area contributed by atoms with E-state index >= 15 is 0 Å². The highest BCUT2D eigenvalue weighted by atomic mass is 32.2. The zero-order valence-corrected chi connectivity index (χ0v) is 21.1. The van der Waals surface area contributed by atoms with Crippen molar-refractivity contribution in [2.24, 2.45) is 0 Å². The Hall–Kier alpha value is -3.71. The Labute approximate surface area is 210 Å². The number of carbonyl (C=O) groups is 1. The summed E-state index contributed by atoms with van der Waals surface area (Å²) in [5.41, 5.74) is 6.33. The molecular formula is C28H28N4O2S. The molecule has 1 heterocycles. The van der Waals surface area contributed by atoms with E-state index in [1.165, 1.54) is 22.9 Å². The molecule has 4 aromatic rings. The Balaban J connectivity index is 1.65. The number of nitrogens with zero attached hydrogens (tertiary/aromatic N) is 3. The van der Waals surface area contributed by atoms with Gasteiger partial charge in [-0.3, -0.25) is 4.79 Å². The highest BCUT2D eigenvalue weighted by molar-refractivity contribution is 8.00. The highest BCUT2D eigenvalue weighted by Crippen LogP contribution is 2.32. The van der Waals surface area contributed by atoms with Gasteiger partial charge in [-0.15, -0.1) is 10.2 Å².